The molecule has 4 heterocycles. The van der Waals surface area contributed by atoms with Crippen LogP contribution < -0.4 is 5.32 Å². The van der Waals surface area contributed by atoms with Gasteiger partial charge < -0.3 is 5.32 Å². The molecule has 4 nitrogen and oxygen atoms in total. The molecule has 120 valence electrons. The Hall–Kier alpha value is -2.31. The molecule has 0 bridgehead atoms. The minimum absolute atomic E-state index is 0.128. The van der Waals surface area contributed by atoms with Crippen molar-refractivity contribution in [2.75, 3.05) is 6.54 Å². The molecule has 1 unspecified atom stereocenters. The normalized spacial score (nSPS) is 16.8. The van der Waals surface area contributed by atoms with E-state index in [1.54, 1.807) is 28.9 Å². The third-order valence-corrected chi connectivity index (χ3v) is 5.51. The number of fused-ring (bicyclic) bond motifs is 1. The highest BCUT2D eigenvalue weighted by molar-refractivity contribution is 7.12. The number of thiophene rings is 2. The van der Waals surface area contributed by atoms with Crippen LogP contribution in [0.5, 0.6) is 0 Å². The van der Waals surface area contributed by atoms with E-state index in [0.717, 1.165) is 34.4 Å². The predicted octanol–water partition coefficient (Wildman–Crippen LogP) is 4.44. The van der Waals surface area contributed by atoms with Gasteiger partial charge in [-0.1, -0.05) is 12.1 Å². The second-order valence-corrected chi connectivity index (χ2v) is 7.20. The van der Waals surface area contributed by atoms with E-state index in [9.17, 15) is 0 Å². The molecular weight excluding hydrogens is 336 g/mol. The fourth-order valence-electron chi connectivity index (χ4n) is 2.68. The van der Waals surface area contributed by atoms with Gasteiger partial charge in [0.25, 0.3) is 0 Å². The summed E-state index contributed by atoms with van der Waals surface area (Å²) in [5, 5.41) is 7.54. The van der Waals surface area contributed by atoms with Crippen molar-refractivity contribution in [1.82, 2.24) is 10.3 Å². The minimum atomic E-state index is -0.128. The average molecular weight is 352 g/mol. The molecule has 0 saturated heterocycles. The number of likely N-dealkylation sites (N-methyl/N-ethyl adjacent to an activating group) is 1. The molecule has 6 heteroatoms. The summed E-state index contributed by atoms with van der Waals surface area (Å²) in [5.41, 5.74) is 1.94. The van der Waals surface area contributed by atoms with Crippen LogP contribution in [0.15, 0.2) is 63.3 Å². The lowest BCUT2D eigenvalue weighted by molar-refractivity contribution is 0.870. The zero-order valence-electron chi connectivity index (χ0n) is 13.1. The van der Waals surface area contributed by atoms with E-state index >= 15 is 0 Å². The zero-order chi connectivity index (χ0) is 16.4. The van der Waals surface area contributed by atoms with Gasteiger partial charge in [0.15, 0.2) is 5.82 Å². The van der Waals surface area contributed by atoms with Gasteiger partial charge in [-0.3, -0.25) is 4.99 Å². The Labute approximate surface area is 148 Å². The Morgan fingerprint density at radius 3 is 2.71 bits per heavy atom. The van der Waals surface area contributed by atoms with Gasteiger partial charge in [-0.25, -0.2) is 9.98 Å². The van der Waals surface area contributed by atoms with Crippen molar-refractivity contribution in [2.45, 2.75) is 13.0 Å². The summed E-state index contributed by atoms with van der Waals surface area (Å²) in [7, 11) is 0. The minimum Gasteiger partial charge on any atom is -0.372 e. The van der Waals surface area contributed by atoms with Gasteiger partial charge in [-0.2, -0.15) is 0 Å². The standard InChI is InChI=1S/C18H16N4S2/c1-2-19-18-16(14-8-5-11-24-14)21-15(13-7-4-10-23-13)12-6-3-9-20-17(12)22-18/h3-11,16H,2H2,1H3,(H,19,20,22). The van der Waals surface area contributed by atoms with Crippen LogP contribution >= 0.6 is 22.7 Å². The van der Waals surface area contributed by atoms with Crippen LogP contribution in [-0.4, -0.2) is 23.1 Å². The van der Waals surface area contributed by atoms with Crippen molar-refractivity contribution in [3.05, 3.63) is 68.7 Å². The van der Waals surface area contributed by atoms with Crippen molar-refractivity contribution in [1.29, 1.82) is 0 Å². The van der Waals surface area contributed by atoms with Crippen molar-refractivity contribution in [3.63, 3.8) is 0 Å². The number of nitrogens with one attached hydrogen (secondary N) is 1. The van der Waals surface area contributed by atoms with Crippen LogP contribution in [0.25, 0.3) is 0 Å². The number of nitrogens with zero attached hydrogens (tertiary/aromatic N) is 3. The van der Waals surface area contributed by atoms with Crippen molar-refractivity contribution < 1.29 is 0 Å². The Morgan fingerprint density at radius 2 is 1.96 bits per heavy atom. The monoisotopic (exact) mass is 352 g/mol. The second-order valence-electron chi connectivity index (χ2n) is 5.27. The topological polar surface area (TPSA) is 49.6 Å². The Morgan fingerprint density at radius 1 is 1.08 bits per heavy atom. The highest BCUT2D eigenvalue weighted by Crippen LogP contribution is 2.32. The van der Waals surface area contributed by atoms with E-state index in [-0.39, 0.29) is 6.04 Å². The SMILES string of the molecule is CCNC1=Nc2ncccc2C(c2cccs2)=NC1c1cccs1. The molecule has 1 aliphatic heterocycles. The van der Waals surface area contributed by atoms with Gasteiger partial charge in [0, 0.05) is 23.2 Å². The number of hydrogen-bond donors (Lipinski definition) is 1. The molecule has 3 aromatic heterocycles. The molecule has 0 amide bonds. The fraction of sp³-hybridized carbons (Fsp3) is 0.167. The Balaban J connectivity index is 1.94. The molecule has 0 spiro atoms. The maximum Gasteiger partial charge on any atom is 0.163 e. The zero-order valence-corrected chi connectivity index (χ0v) is 14.8. The van der Waals surface area contributed by atoms with Gasteiger partial charge in [-0.15, -0.1) is 22.7 Å². The lowest BCUT2D eigenvalue weighted by atomic mass is 10.1. The number of amidine groups is 1. The van der Waals surface area contributed by atoms with Gasteiger partial charge in [0.05, 0.1) is 10.6 Å². The summed E-state index contributed by atoms with van der Waals surface area (Å²) in [6, 6.07) is 12.2. The second kappa shape index (κ2) is 6.67. The molecule has 0 saturated carbocycles. The van der Waals surface area contributed by atoms with E-state index in [1.807, 2.05) is 12.1 Å². The molecule has 24 heavy (non-hydrogen) atoms. The third-order valence-electron chi connectivity index (χ3n) is 3.71. The van der Waals surface area contributed by atoms with Crippen LogP contribution in [0.4, 0.5) is 5.82 Å². The summed E-state index contributed by atoms with van der Waals surface area (Å²) in [6.07, 6.45) is 1.78. The average Bonchev–Trinajstić information content (AvgIpc) is 3.28. The number of hydrogen-bond acceptors (Lipinski definition) is 6. The summed E-state index contributed by atoms with van der Waals surface area (Å²) in [6.45, 7) is 2.87. The molecule has 1 aliphatic rings. The van der Waals surface area contributed by atoms with Gasteiger partial charge >= 0.3 is 0 Å². The predicted molar refractivity (Wildman–Crippen MR) is 102 cm³/mol. The first-order valence-electron chi connectivity index (χ1n) is 7.79. The molecule has 0 radical (unpaired) electrons. The lowest BCUT2D eigenvalue weighted by Gasteiger charge is -2.14. The summed E-state index contributed by atoms with van der Waals surface area (Å²) in [4.78, 5) is 16.7. The first-order valence-corrected chi connectivity index (χ1v) is 9.55. The molecule has 4 rings (SSSR count). The maximum absolute atomic E-state index is 5.11. The molecule has 0 fully saturated rings. The van der Waals surface area contributed by atoms with E-state index < -0.39 is 0 Å². The van der Waals surface area contributed by atoms with E-state index in [0.29, 0.717) is 0 Å². The van der Waals surface area contributed by atoms with Crippen LogP contribution in [-0.2, 0) is 0 Å². The van der Waals surface area contributed by atoms with Crippen LogP contribution in [0.2, 0.25) is 0 Å². The van der Waals surface area contributed by atoms with Crippen molar-refractivity contribution in [2.24, 2.45) is 9.98 Å². The smallest absolute Gasteiger partial charge is 0.163 e. The van der Waals surface area contributed by atoms with Crippen LogP contribution in [0.3, 0.4) is 0 Å². The first-order chi connectivity index (χ1) is 11.9. The molecule has 3 aromatic rings. The fourth-order valence-corrected chi connectivity index (χ4v) is 4.18. The summed E-state index contributed by atoms with van der Waals surface area (Å²) >= 11 is 3.39. The molecular formula is C18H16N4S2. The lowest BCUT2D eigenvalue weighted by Crippen LogP contribution is -2.28. The van der Waals surface area contributed by atoms with E-state index in [4.69, 9.17) is 9.98 Å². The molecule has 0 aromatic carbocycles. The Kier molecular flexibility index (Phi) is 4.23. The van der Waals surface area contributed by atoms with Gasteiger partial charge in [-0.05, 0) is 41.9 Å². The van der Waals surface area contributed by atoms with Crippen molar-refractivity contribution in [3.8, 4) is 0 Å². The van der Waals surface area contributed by atoms with E-state index in [2.05, 4.69) is 52.3 Å². The number of aromatic nitrogens is 1. The first kappa shape index (κ1) is 15.2. The molecule has 0 aliphatic carbocycles. The number of pyridine rings is 1. The largest absolute Gasteiger partial charge is 0.372 e. The van der Waals surface area contributed by atoms with Crippen LogP contribution in [0, 0.1) is 0 Å². The summed E-state index contributed by atoms with van der Waals surface area (Å²) < 4.78 is 0. The van der Waals surface area contributed by atoms with Crippen molar-refractivity contribution >= 4 is 40.0 Å². The molecule has 1 N–H and O–H groups in total. The van der Waals surface area contributed by atoms with Gasteiger partial charge in [0.2, 0.25) is 0 Å². The summed E-state index contributed by atoms with van der Waals surface area (Å²) in [5.74, 6) is 1.58. The third kappa shape index (κ3) is 2.79. The highest BCUT2D eigenvalue weighted by Gasteiger charge is 2.26. The quantitative estimate of drug-likeness (QED) is 0.758. The Bertz CT molecular complexity index is 880. The number of rotatable bonds is 3. The van der Waals surface area contributed by atoms with Crippen LogP contribution in [0.1, 0.15) is 28.3 Å². The number of aliphatic imine (C=N–C) groups is 2. The maximum atomic E-state index is 5.11. The van der Waals surface area contributed by atoms with Gasteiger partial charge in [0.1, 0.15) is 11.9 Å². The highest BCUT2D eigenvalue weighted by atomic mass is 32.1. The van der Waals surface area contributed by atoms with E-state index in [1.165, 1.54) is 4.88 Å². The molecule has 1 atom stereocenters.